The highest BCUT2D eigenvalue weighted by molar-refractivity contribution is 6.42. The highest BCUT2D eigenvalue weighted by atomic mass is 35.5. The first kappa shape index (κ1) is 13.9. The van der Waals surface area contributed by atoms with Crippen LogP contribution in [0.3, 0.4) is 0 Å². The minimum atomic E-state index is 0.659. The first-order chi connectivity index (χ1) is 9.74. The minimum Gasteiger partial charge on any atom is -0.295 e. The summed E-state index contributed by atoms with van der Waals surface area (Å²) in [6, 6.07) is 14.6. The molecule has 0 aliphatic carbocycles. The minimum absolute atomic E-state index is 0.659. The fourth-order valence-electron chi connectivity index (χ4n) is 2.81. The van der Waals surface area contributed by atoms with E-state index in [4.69, 9.17) is 23.2 Å². The Morgan fingerprint density at radius 1 is 1.00 bits per heavy atom. The maximum absolute atomic E-state index is 6.39. The second-order valence-electron chi connectivity index (χ2n) is 5.30. The summed E-state index contributed by atoms with van der Waals surface area (Å²) < 4.78 is 0. The Kier molecular flexibility index (Phi) is 4.30. The SMILES string of the molecule is Clc1ccc2c(c1Cl)CN(Cc1ccccc1)CCC2. The van der Waals surface area contributed by atoms with Gasteiger partial charge < -0.3 is 0 Å². The van der Waals surface area contributed by atoms with Crippen LogP contribution in [0.25, 0.3) is 0 Å². The number of fused-ring (bicyclic) bond motifs is 1. The Labute approximate surface area is 130 Å². The van der Waals surface area contributed by atoms with Crippen LogP contribution in [0.15, 0.2) is 42.5 Å². The molecule has 3 rings (SSSR count). The van der Waals surface area contributed by atoms with Crippen LogP contribution in [0, 0.1) is 0 Å². The zero-order valence-electron chi connectivity index (χ0n) is 11.3. The lowest BCUT2D eigenvalue weighted by molar-refractivity contribution is 0.261. The van der Waals surface area contributed by atoms with Crippen molar-refractivity contribution in [1.82, 2.24) is 4.90 Å². The topological polar surface area (TPSA) is 3.24 Å². The van der Waals surface area contributed by atoms with Crippen LogP contribution < -0.4 is 0 Å². The van der Waals surface area contributed by atoms with Gasteiger partial charge in [-0.25, -0.2) is 0 Å². The van der Waals surface area contributed by atoms with Gasteiger partial charge in [-0.1, -0.05) is 59.6 Å². The lowest BCUT2D eigenvalue weighted by Gasteiger charge is -2.21. The first-order valence-electron chi connectivity index (χ1n) is 6.96. The number of aryl methyl sites for hydroxylation is 1. The van der Waals surface area contributed by atoms with Crippen LogP contribution in [-0.2, 0) is 19.5 Å². The third kappa shape index (κ3) is 3.01. The summed E-state index contributed by atoms with van der Waals surface area (Å²) >= 11 is 12.5. The van der Waals surface area contributed by atoms with Crippen molar-refractivity contribution >= 4 is 23.2 Å². The second kappa shape index (κ2) is 6.17. The Bertz CT molecular complexity index is 595. The molecule has 1 heterocycles. The van der Waals surface area contributed by atoms with Crippen molar-refractivity contribution in [2.75, 3.05) is 6.54 Å². The number of rotatable bonds is 2. The maximum Gasteiger partial charge on any atom is 0.0640 e. The van der Waals surface area contributed by atoms with Gasteiger partial charge in [-0.05, 0) is 42.1 Å². The van der Waals surface area contributed by atoms with Crippen molar-refractivity contribution in [3.63, 3.8) is 0 Å². The van der Waals surface area contributed by atoms with E-state index in [0.717, 1.165) is 37.5 Å². The summed E-state index contributed by atoms with van der Waals surface area (Å²) in [5.41, 5.74) is 3.89. The van der Waals surface area contributed by atoms with E-state index in [2.05, 4.69) is 41.3 Å². The van der Waals surface area contributed by atoms with E-state index in [9.17, 15) is 0 Å². The lowest BCUT2D eigenvalue weighted by atomic mass is 10.0. The van der Waals surface area contributed by atoms with E-state index in [0.29, 0.717) is 5.02 Å². The second-order valence-corrected chi connectivity index (χ2v) is 6.08. The molecular formula is C17H17Cl2N. The number of hydrogen-bond acceptors (Lipinski definition) is 1. The molecule has 0 atom stereocenters. The average molecular weight is 306 g/mol. The van der Waals surface area contributed by atoms with Gasteiger partial charge in [-0.2, -0.15) is 0 Å². The monoisotopic (exact) mass is 305 g/mol. The molecule has 1 aliphatic rings. The highest BCUT2D eigenvalue weighted by Gasteiger charge is 2.18. The summed E-state index contributed by atoms with van der Waals surface area (Å²) in [4.78, 5) is 2.45. The predicted molar refractivity (Wildman–Crippen MR) is 85.3 cm³/mol. The van der Waals surface area contributed by atoms with Gasteiger partial charge in [-0.3, -0.25) is 4.90 Å². The quantitative estimate of drug-likeness (QED) is 0.759. The van der Waals surface area contributed by atoms with Crippen molar-refractivity contribution in [2.45, 2.75) is 25.9 Å². The van der Waals surface area contributed by atoms with Crippen LogP contribution in [0.4, 0.5) is 0 Å². The van der Waals surface area contributed by atoms with Crippen LogP contribution in [0.1, 0.15) is 23.1 Å². The lowest BCUT2D eigenvalue weighted by Crippen LogP contribution is -2.22. The smallest absolute Gasteiger partial charge is 0.0640 e. The molecule has 0 saturated carbocycles. The molecule has 0 bridgehead atoms. The Morgan fingerprint density at radius 3 is 2.60 bits per heavy atom. The number of hydrogen-bond donors (Lipinski definition) is 0. The van der Waals surface area contributed by atoms with Gasteiger partial charge in [-0.15, -0.1) is 0 Å². The molecular weight excluding hydrogens is 289 g/mol. The van der Waals surface area contributed by atoms with Crippen molar-refractivity contribution < 1.29 is 0 Å². The Balaban J connectivity index is 1.84. The van der Waals surface area contributed by atoms with Gasteiger partial charge in [0.25, 0.3) is 0 Å². The van der Waals surface area contributed by atoms with Gasteiger partial charge in [0.05, 0.1) is 10.0 Å². The Hall–Kier alpha value is -1.02. The summed E-state index contributed by atoms with van der Waals surface area (Å²) in [7, 11) is 0. The Morgan fingerprint density at radius 2 is 1.80 bits per heavy atom. The van der Waals surface area contributed by atoms with Gasteiger partial charge in [0.15, 0.2) is 0 Å². The molecule has 0 aromatic heterocycles. The maximum atomic E-state index is 6.39. The summed E-state index contributed by atoms with van der Waals surface area (Å²) in [5.74, 6) is 0. The zero-order chi connectivity index (χ0) is 13.9. The van der Waals surface area contributed by atoms with Gasteiger partial charge in [0.2, 0.25) is 0 Å². The molecule has 2 aromatic rings. The van der Waals surface area contributed by atoms with Crippen molar-refractivity contribution in [2.24, 2.45) is 0 Å². The average Bonchev–Trinajstić information content (AvgIpc) is 2.67. The van der Waals surface area contributed by atoms with Crippen LogP contribution >= 0.6 is 23.2 Å². The van der Waals surface area contributed by atoms with E-state index in [1.54, 1.807) is 0 Å². The molecule has 0 N–H and O–H groups in total. The normalized spacial score (nSPS) is 15.7. The van der Waals surface area contributed by atoms with Gasteiger partial charge in [0.1, 0.15) is 0 Å². The number of benzene rings is 2. The van der Waals surface area contributed by atoms with E-state index in [-0.39, 0.29) is 0 Å². The van der Waals surface area contributed by atoms with Crippen LogP contribution in [0.2, 0.25) is 10.0 Å². The molecule has 20 heavy (non-hydrogen) atoms. The molecule has 104 valence electrons. The molecule has 1 aliphatic heterocycles. The third-order valence-corrected chi connectivity index (χ3v) is 4.69. The molecule has 1 nitrogen and oxygen atoms in total. The van der Waals surface area contributed by atoms with Crippen molar-refractivity contribution in [3.05, 3.63) is 69.2 Å². The van der Waals surface area contributed by atoms with Crippen LogP contribution in [-0.4, -0.2) is 11.4 Å². The summed E-state index contributed by atoms with van der Waals surface area (Å²) in [6.07, 6.45) is 2.25. The molecule has 0 amide bonds. The standard InChI is InChI=1S/C17H17Cl2N/c18-16-9-8-14-7-4-10-20(12-15(14)17(16)19)11-13-5-2-1-3-6-13/h1-3,5-6,8-9H,4,7,10-12H2. The third-order valence-electron chi connectivity index (χ3n) is 3.84. The first-order valence-corrected chi connectivity index (χ1v) is 7.71. The zero-order valence-corrected chi connectivity index (χ0v) is 12.8. The molecule has 0 spiro atoms. The number of nitrogens with zero attached hydrogens (tertiary/aromatic N) is 1. The van der Waals surface area contributed by atoms with Gasteiger partial charge >= 0.3 is 0 Å². The molecule has 3 heteroatoms. The molecule has 0 fully saturated rings. The molecule has 0 saturated heterocycles. The van der Waals surface area contributed by atoms with Gasteiger partial charge in [0, 0.05) is 13.1 Å². The largest absolute Gasteiger partial charge is 0.295 e. The van der Waals surface area contributed by atoms with Crippen LogP contribution in [0.5, 0.6) is 0 Å². The molecule has 0 radical (unpaired) electrons. The fourth-order valence-corrected chi connectivity index (χ4v) is 3.23. The summed E-state index contributed by atoms with van der Waals surface area (Å²) in [5, 5.41) is 1.39. The van der Waals surface area contributed by atoms with E-state index >= 15 is 0 Å². The van der Waals surface area contributed by atoms with Crippen molar-refractivity contribution in [1.29, 1.82) is 0 Å². The highest BCUT2D eigenvalue weighted by Crippen LogP contribution is 2.32. The fraction of sp³-hybridized carbons (Fsp3) is 0.294. The van der Waals surface area contributed by atoms with E-state index < -0.39 is 0 Å². The molecule has 0 unspecified atom stereocenters. The van der Waals surface area contributed by atoms with E-state index in [1.807, 2.05) is 6.07 Å². The molecule has 2 aromatic carbocycles. The number of halogens is 2. The predicted octanol–water partition coefficient (Wildman–Crippen LogP) is 4.94. The van der Waals surface area contributed by atoms with Crippen molar-refractivity contribution in [3.8, 4) is 0 Å². The van der Waals surface area contributed by atoms with E-state index in [1.165, 1.54) is 16.7 Å². The summed E-state index contributed by atoms with van der Waals surface area (Å²) in [6.45, 7) is 2.93.